The Labute approximate surface area is 173 Å². The predicted molar refractivity (Wildman–Crippen MR) is 93.8 cm³/mol. The summed E-state index contributed by atoms with van der Waals surface area (Å²) in [6, 6.07) is 12.2. The average Bonchev–Trinajstić information content (AvgIpc) is 2.58. The molecule has 1 aliphatic rings. The number of carbonyl (C=O) groups excluding carboxylic acids is 1. The van der Waals surface area contributed by atoms with Gasteiger partial charge in [0.05, 0.1) is 4.90 Å². The normalized spacial score (nSPS) is 13.4. The van der Waals surface area contributed by atoms with Gasteiger partial charge in [0.1, 0.15) is 15.9 Å². The molecule has 0 bridgehead atoms. The Kier molecular flexibility index (Phi) is 6.39. The van der Waals surface area contributed by atoms with Crippen LogP contribution < -0.4 is 29.6 Å². The van der Waals surface area contributed by atoms with Crippen molar-refractivity contribution in [3.63, 3.8) is 0 Å². The molecule has 2 aromatic rings. The summed E-state index contributed by atoms with van der Waals surface area (Å²) in [5.74, 6) is 0.136. The fourth-order valence-corrected chi connectivity index (χ4v) is 3.31. The minimum atomic E-state index is -4.68. The summed E-state index contributed by atoms with van der Waals surface area (Å²) in [5, 5.41) is 9.51. The second-order valence-corrected chi connectivity index (χ2v) is 6.77. The maximum atomic E-state index is 11.7. The van der Waals surface area contributed by atoms with Crippen molar-refractivity contribution >= 4 is 21.5 Å². The Bertz CT molecular complexity index is 1010. The number of hydrogen-bond donors (Lipinski definition) is 1. The molecule has 0 spiro atoms. The molecule has 26 heavy (non-hydrogen) atoms. The zero-order valence-corrected chi connectivity index (χ0v) is 16.8. The molecule has 0 saturated heterocycles. The molecule has 0 atom stereocenters. The third-order valence-corrected chi connectivity index (χ3v) is 4.63. The van der Waals surface area contributed by atoms with E-state index in [4.69, 9.17) is 0 Å². The molecule has 0 aromatic heterocycles. The predicted octanol–water partition coefficient (Wildman–Crippen LogP) is -0.227. The molecule has 0 saturated carbocycles. The van der Waals surface area contributed by atoms with E-state index in [9.17, 15) is 22.9 Å². The molecule has 126 valence electrons. The van der Waals surface area contributed by atoms with Crippen molar-refractivity contribution in [1.29, 1.82) is 0 Å². The molecule has 3 rings (SSSR count). The van der Waals surface area contributed by atoms with Crippen LogP contribution in [-0.2, 0) is 10.1 Å². The van der Waals surface area contributed by atoms with Gasteiger partial charge < -0.3 is 9.66 Å². The molecule has 0 aliphatic heterocycles. The number of allylic oxidation sites excluding steroid dienone is 5. The summed E-state index contributed by atoms with van der Waals surface area (Å²) < 4.78 is 35.0. The first-order valence-electron chi connectivity index (χ1n) is 7.37. The summed E-state index contributed by atoms with van der Waals surface area (Å²) >= 11 is 0. The van der Waals surface area contributed by atoms with Crippen LogP contribution in [0.3, 0.4) is 0 Å². The summed E-state index contributed by atoms with van der Waals surface area (Å²) in [7, 11) is -4.68. The number of phenols is 1. The molecule has 1 aliphatic carbocycles. The topological polar surface area (TPSA) is 98.8 Å². The van der Waals surface area contributed by atoms with Crippen molar-refractivity contribution < 1.29 is 52.4 Å². The van der Waals surface area contributed by atoms with E-state index >= 15 is 0 Å². The minimum absolute atomic E-state index is 0. The van der Waals surface area contributed by atoms with E-state index in [1.165, 1.54) is 36.4 Å². The van der Waals surface area contributed by atoms with E-state index in [-0.39, 0.29) is 51.5 Å². The van der Waals surface area contributed by atoms with Gasteiger partial charge in [0.25, 0.3) is 0 Å². The molecule has 7 heteroatoms. The van der Waals surface area contributed by atoms with Gasteiger partial charge in [-0.15, -0.1) is 0 Å². The second-order valence-electron chi connectivity index (χ2n) is 5.42. The van der Waals surface area contributed by atoms with Crippen LogP contribution in [0.25, 0.3) is 5.57 Å². The number of ketones is 1. The standard InChI is InChI=1S/C19H14O5S.Na/c20-15-9-5-13(6-10-15)19(14-7-11-16(21)12-8-14)17-3-1-2-4-18(17)25(22,23)24;/h1-12,20H,(H,22,23,24);/q;+1. The summed E-state index contributed by atoms with van der Waals surface area (Å²) in [6.45, 7) is 0. The van der Waals surface area contributed by atoms with Gasteiger partial charge in [-0.05, 0) is 47.1 Å². The van der Waals surface area contributed by atoms with Gasteiger partial charge in [0.15, 0.2) is 0 Å². The molecule has 0 fully saturated rings. The largest absolute Gasteiger partial charge is 1.00 e. The monoisotopic (exact) mass is 377 g/mol. The number of aromatic hydroxyl groups is 1. The number of hydrogen-bond acceptors (Lipinski definition) is 4. The smallest absolute Gasteiger partial charge is 0.744 e. The van der Waals surface area contributed by atoms with E-state index in [2.05, 4.69) is 0 Å². The van der Waals surface area contributed by atoms with E-state index in [0.717, 1.165) is 0 Å². The third-order valence-electron chi connectivity index (χ3n) is 3.74. The average molecular weight is 377 g/mol. The molecule has 2 aromatic carbocycles. The van der Waals surface area contributed by atoms with Crippen molar-refractivity contribution in [2.24, 2.45) is 0 Å². The van der Waals surface area contributed by atoms with Crippen LogP contribution in [-0.4, -0.2) is 28.7 Å². The van der Waals surface area contributed by atoms with Crippen LogP contribution in [0, 0.1) is 0 Å². The maximum absolute atomic E-state index is 11.7. The fraction of sp³-hybridized carbons (Fsp3) is 0. The van der Waals surface area contributed by atoms with Gasteiger partial charge in [0.2, 0.25) is 0 Å². The first kappa shape index (κ1) is 20.4. The van der Waals surface area contributed by atoms with Crippen LogP contribution in [0.5, 0.6) is 5.75 Å². The van der Waals surface area contributed by atoms with Gasteiger partial charge in [-0.25, -0.2) is 8.42 Å². The van der Waals surface area contributed by atoms with Crippen molar-refractivity contribution in [3.05, 3.63) is 89.5 Å². The van der Waals surface area contributed by atoms with Crippen LogP contribution in [0.15, 0.2) is 83.3 Å². The van der Waals surface area contributed by atoms with Crippen molar-refractivity contribution in [2.75, 3.05) is 0 Å². The minimum Gasteiger partial charge on any atom is -0.744 e. The Morgan fingerprint density at radius 2 is 1.50 bits per heavy atom. The Hall–Kier alpha value is -1.96. The first-order valence-corrected chi connectivity index (χ1v) is 8.78. The van der Waals surface area contributed by atoms with Crippen molar-refractivity contribution in [1.82, 2.24) is 0 Å². The van der Waals surface area contributed by atoms with Crippen LogP contribution in [0.2, 0.25) is 0 Å². The fourth-order valence-electron chi connectivity index (χ4n) is 2.63. The third kappa shape index (κ3) is 4.41. The van der Waals surface area contributed by atoms with Crippen molar-refractivity contribution in [3.8, 4) is 5.75 Å². The summed E-state index contributed by atoms with van der Waals surface area (Å²) in [4.78, 5) is 9.18. The molecular formula is C19H14NaO5S+. The van der Waals surface area contributed by atoms with Gasteiger partial charge >= 0.3 is 35.3 Å². The zero-order valence-electron chi connectivity index (χ0n) is 14.0. The first-order chi connectivity index (χ1) is 11.9. The van der Waals surface area contributed by atoms with E-state index < -0.39 is 10.1 Å². The Balaban J connectivity index is 0.00000243. The van der Waals surface area contributed by atoms with Crippen molar-refractivity contribution in [2.45, 2.75) is 4.90 Å². The van der Waals surface area contributed by atoms with Crippen LogP contribution >= 0.6 is 0 Å². The van der Waals surface area contributed by atoms with E-state index in [1.807, 2.05) is 0 Å². The molecular weight excluding hydrogens is 363 g/mol. The Morgan fingerprint density at radius 1 is 0.923 bits per heavy atom. The van der Waals surface area contributed by atoms with Crippen LogP contribution in [0.4, 0.5) is 0 Å². The van der Waals surface area contributed by atoms with Gasteiger partial charge in [-0.2, -0.15) is 0 Å². The van der Waals surface area contributed by atoms with E-state index in [0.29, 0.717) is 16.7 Å². The van der Waals surface area contributed by atoms with Gasteiger partial charge in [-0.3, -0.25) is 4.79 Å². The van der Waals surface area contributed by atoms with Crippen LogP contribution in [0.1, 0.15) is 11.1 Å². The number of rotatable bonds is 3. The van der Waals surface area contributed by atoms with Gasteiger partial charge in [0, 0.05) is 17.7 Å². The number of benzene rings is 2. The second kappa shape index (κ2) is 8.16. The van der Waals surface area contributed by atoms with E-state index in [1.54, 1.807) is 36.4 Å². The molecule has 2 N–H and O–H groups in total. The number of phenolic OH excluding ortho intramolecular Hbond substituents is 1. The summed E-state index contributed by atoms with van der Waals surface area (Å²) in [6.07, 6.45) is 6.21. The maximum Gasteiger partial charge on any atom is 1.00 e. The van der Waals surface area contributed by atoms with Gasteiger partial charge in [-0.1, -0.05) is 30.3 Å². The molecule has 0 amide bonds. The summed E-state index contributed by atoms with van der Waals surface area (Å²) in [5.41, 5.74) is 2.02. The SMILES string of the molecule is O=S(=O)([O-])c1ccccc1C(=C1C=CC(=[OH+])C=C1)c1ccc(O)cc1.[Na+]. The Morgan fingerprint density at radius 3 is 2.08 bits per heavy atom. The molecule has 5 nitrogen and oxygen atoms in total. The zero-order chi connectivity index (χ0) is 18.0. The molecule has 0 heterocycles. The molecule has 0 unspecified atom stereocenters. The molecule has 0 radical (unpaired) electrons. The quantitative estimate of drug-likeness (QED) is 0.454.